The quantitative estimate of drug-likeness (QED) is 0.323. The van der Waals surface area contributed by atoms with Crippen molar-refractivity contribution in [3.63, 3.8) is 0 Å². The molecule has 31 heavy (non-hydrogen) atoms. The van der Waals surface area contributed by atoms with E-state index in [4.69, 9.17) is 16.6 Å². The molecule has 0 bridgehead atoms. The molecule has 0 spiro atoms. The van der Waals surface area contributed by atoms with E-state index >= 15 is 0 Å². The van der Waals surface area contributed by atoms with E-state index in [9.17, 15) is 9.59 Å². The first-order valence-electron chi connectivity index (χ1n) is 9.26. The molecule has 0 radical (unpaired) electrons. The smallest absolute Gasteiger partial charge is 0.291 e. The lowest BCUT2D eigenvalue weighted by Gasteiger charge is -2.11. The fourth-order valence-corrected chi connectivity index (χ4v) is 3.58. The topological polar surface area (TPSA) is 83.4 Å². The van der Waals surface area contributed by atoms with Crippen LogP contribution in [0.1, 0.15) is 20.9 Å². The van der Waals surface area contributed by atoms with E-state index in [0.29, 0.717) is 27.0 Å². The highest BCUT2D eigenvalue weighted by molar-refractivity contribution is 9.10. The summed E-state index contributed by atoms with van der Waals surface area (Å²) in [6.45, 7) is 0. The van der Waals surface area contributed by atoms with Gasteiger partial charge in [-0.2, -0.15) is 0 Å². The van der Waals surface area contributed by atoms with Crippen molar-refractivity contribution in [2.45, 2.75) is 0 Å². The number of anilines is 2. The SMILES string of the molecule is O=C(Nc1ccc(NC(=S)NC(=O)c2ccccc2Br)cc1)c1cc2ccccc2o1. The number of benzene rings is 3. The summed E-state index contributed by atoms with van der Waals surface area (Å²) in [7, 11) is 0. The van der Waals surface area contributed by atoms with Crippen LogP contribution in [0.4, 0.5) is 11.4 Å². The number of furan rings is 1. The first kappa shape index (κ1) is 20.8. The maximum absolute atomic E-state index is 12.4. The fourth-order valence-electron chi connectivity index (χ4n) is 2.90. The Labute approximate surface area is 191 Å². The number of hydrogen-bond acceptors (Lipinski definition) is 4. The maximum atomic E-state index is 12.4. The van der Waals surface area contributed by atoms with Crippen LogP contribution in [0.15, 0.2) is 87.8 Å². The second kappa shape index (κ2) is 9.11. The van der Waals surface area contributed by atoms with Gasteiger partial charge in [-0.3, -0.25) is 14.9 Å². The summed E-state index contributed by atoms with van der Waals surface area (Å²) in [4.78, 5) is 24.8. The minimum absolute atomic E-state index is 0.166. The zero-order valence-corrected chi connectivity index (χ0v) is 18.4. The summed E-state index contributed by atoms with van der Waals surface area (Å²) in [5.41, 5.74) is 2.40. The Hall–Kier alpha value is -3.49. The third-order valence-electron chi connectivity index (χ3n) is 4.40. The zero-order chi connectivity index (χ0) is 21.8. The van der Waals surface area contributed by atoms with E-state index in [1.807, 2.05) is 30.3 Å². The van der Waals surface area contributed by atoms with Crippen LogP contribution in [0.25, 0.3) is 11.0 Å². The molecule has 0 unspecified atom stereocenters. The van der Waals surface area contributed by atoms with Crippen molar-refractivity contribution >= 4 is 67.4 Å². The highest BCUT2D eigenvalue weighted by Crippen LogP contribution is 2.21. The van der Waals surface area contributed by atoms with Crippen LogP contribution in [0.5, 0.6) is 0 Å². The molecule has 3 N–H and O–H groups in total. The first-order valence-corrected chi connectivity index (χ1v) is 10.5. The molecule has 2 amide bonds. The molecular formula is C23H16BrN3O3S. The average Bonchev–Trinajstić information content (AvgIpc) is 3.20. The molecule has 1 heterocycles. The van der Waals surface area contributed by atoms with Gasteiger partial charge in [0, 0.05) is 21.2 Å². The second-order valence-corrected chi connectivity index (χ2v) is 7.83. The van der Waals surface area contributed by atoms with Gasteiger partial charge >= 0.3 is 0 Å². The van der Waals surface area contributed by atoms with Crippen molar-refractivity contribution in [2.24, 2.45) is 0 Å². The Balaban J connectivity index is 1.35. The Morgan fingerprint density at radius 3 is 2.16 bits per heavy atom. The van der Waals surface area contributed by atoms with E-state index in [2.05, 4.69) is 31.9 Å². The number of para-hydroxylation sites is 1. The molecule has 4 aromatic rings. The van der Waals surface area contributed by atoms with Crippen LogP contribution in [-0.2, 0) is 0 Å². The minimum Gasteiger partial charge on any atom is -0.451 e. The van der Waals surface area contributed by atoms with Crippen LogP contribution in [0.2, 0.25) is 0 Å². The fraction of sp³-hybridized carbons (Fsp3) is 0. The molecule has 0 aliphatic rings. The van der Waals surface area contributed by atoms with Gasteiger partial charge in [0.15, 0.2) is 10.9 Å². The lowest BCUT2D eigenvalue weighted by molar-refractivity contribution is 0.0974. The molecule has 0 atom stereocenters. The van der Waals surface area contributed by atoms with Gasteiger partial charge < -0.3 is 15.1 Å². The molecule has 0 saturated carbocycles. The molecule has 0 aliphatic heterocycles. The largest absolute Gasteiger partial charge is 0.451 e. The van der Waals surface area contributed by atoms with Gasteiger partial charge in [0.1, 0.15) is 5.58 Å². The molecule has 6 nitrogen and oxygen atoms in total. The number of rotatable bonds is 4. The lowest BCUT2D eigenvalue weighted by Crippen LogP contribution is -2.34. The van der Waals surface area contributed by atoms with Crippen LogP contribution in [0, 0.1) is 0 Å². The van der Waals surface area contributed by atoms with E-state index in [-0.39, 0.29) is 22.7 Å². The van der Waals surface area contributed by atoms with Crippen LogP contribution in [-0.4, -0.2) is 16.9 Å². The maximum Gasteiger partial charge on any atom is 0.291 e. The zero-order valence-electron chi connectivity index (χ0n) is 16.0. The molecule has 3 aromatic carbocycles. The standard InChI is InChI=1S/C23H16BrN3O3S/c24-18-7-3-2-6-17(18)21(28)27-23(31)26-16-11-9-15(10-12-16)25-22(29)20-13-14-5-1-4-8-19(14)30-20/h1-13H,(H,25,29)(H2,26,27,28,31). The highest BCUT2D eigenvalue weighted by atomic mass is 79.9. The third-order valence-corrected chi connectivity index (χ3v) is 5.29. The van der Waals surface area contributed by atoms with Gasteiger partial charge in [-0.05, 0) is 76.7 Å². The number of fused-ring (bicyclic) bond motifs is 1. The number of carbonyl (C=O) groups excluding carboxylic acids is 2. The summed E-state index contributed by atoms with van der Waals surface area (Å²) in [5.74, 6) is -0.424. The summed E-state index contributed by atoms with van der Waals surface area (Å²) >= 11 is 8.56. The Kier molecular flexibility index (Phi) is 6.11. The summed E-state index contributed by atoms with van der Waals surface area (Å²) in [6.07, 6.45) is 0. The second-order valence-electron chi connectivity index (χ2n) is 6.57. The van der Waals surface area contributed by atoms with Gasteiger partial charge in [0.05, 0.1) is 5.56 Å². The van der Waals surface area contributed by atoms with Gasteiger partial charge in [0.2, 0.25) is 0 Å². The van der Waals surface area contributed by atoms with Crippen molar-refractivity contribution in [3.8, 4) is 0 Å². The first-order chi connectivity index (χ1) is 15.0. The summed E-state index contributed by atoms with van der Waals surface area (Å²) in [5, 5.41) is 9.40. The molecule has 154 valence electrons. The Morgan fingerprint density at radius 1 is 0.806 bits per heavy atom. The number of halogens is 1. The normalized spacial score (nSPS) is 10.5. The number of thiocarbonyl (C=S) groups is 1. The number of carbonyl (C=O) groups is 2. The molecule has 4 rings (SSSR count). The third kappa shape index (κ3) is 4.99. The Morgan fingerprint density at radius 2 is 1.45 bits per heavy atom. The minimum atomic E-state index is -0.340. The van der Waals surface area contributed by atoms with Crippen molar-refractivity contribution in [3.05, 3.63) is 94.7 Å². The average molecular weight is 494 g/mol. The number of nitrogens with one attached hydrogen (secondary N) is 3. The molecule has 1 aromatic heterocycles. The van der Waals surface area contributed by atoms with Gasteiger partial charge in [-0.25, -0.2) is 0 Å². The summed E-state index contributed by atoms with van der Waals surface area (Å²) in [6, 6.07) is 23.1. The predicted molar refractivity (Wildman–Crippen MR) is 128 cm³/mol. The monoisotopic (exact) mass is 493 g/mol. The van der Waals surface area contributed by atoms with E-state index in [1.54, 1.807) is 48.5 Å². The molecular weight excluding hydrogens is 478 g/mol. The van der Waals surface area contributed by atoms with Crippen LogP contribution < -0.4 is 16.0 Å². The van der Waals surface area contributed by atoms with Gasteiger partial charge in [-0.1, -0.05) is 30.3 Å². The molecule has 0 saturated heterocycles. The van der Waals surface area contributed by atoms with E-state index in [0.717, 1.165) is 5.39 Å². The van der Waals surface area contributed by atoms with E-state index < -0.39 is 0 Å². The van der Waals surface area contributed by atoms with Crippen molar-refractivity contribution in [1.29, 1.82) is 0 Å². The van der Waals surface area contributed by atoms with Crippen LogP contribution in [0.3, 0.4) is 0 Å². The Bertz CT molecular complexity index is 1250. The molecule has 8 heteroatoms. The highest BCUT2D eigenvalue weighted by Gasteiger charge is 2.13. The number of hydrogen-bond donors (Lipinski definition) is 3. The van der Waals surface area contributed by atoms with E-state index in [1.165, 1.54) is 0 Å². The summed E-state index contributed by atoms with van der Waals surface area (Å²) < 4.78 is 6.26. The van der Waals surface area contributed by atoms with Crippen molar-refractivity contribution in [1.82, 2.24) is 5.32 Å². The van der Waals surface area contributed by atoms with Crippen molar-refractivity contribution < 1.29 is 14.0 Å². The van der Waals surface area contributed by atoms with Crippen molar-refractivity contribution in [2.75, 3.05) is 10.6 Å². The molecule has 0 fully saturated rings. The molecule has 0 aliphatic carbocycles. The lowest BCUT2D eigenvalue weighted by atomic mass is 10.2. The van der Waals surface area contributed by atoms with Gasteiger partial charge in [0.25, 0.3) is 11.8 Å². The van der Waals surface area contributed by atoms with Gasteiger partial charge in [-0.15, -0.1) is 0 Å². The predicted octanol–water partition coefficient (Wildman–Crippen LogP) is 5.57. The van der Waals surface area contributed by atoms with Crippen LogP contribution >= 0.6 is 28.1 Å². The number of amides is 2.